The first-order valence-electron chi connectivity index (χ1n) is 5.03. The Morgan fingerprint density at radius 2 is 1.31 bits per heavy atom. The van der Waals surface area contributed by atoms with Gasteiger partial charge in [-0.1, -0.05) is 6.07 Å². The van der Waals surface area contributed by atoms with Crippen LogP contribution in [0.2, 0.25) is 0 Å². The van der Waals surface area contributed by atoms with Gasteiger partial charge in [-0.25, -0.2) is 9.36 Å². The van der Waals surface area contributed by atoms with Crippen molar-refractivity contribution in [3.8, 4) is 11.4 Å². The van der Waals surface area contributed by atoms with E-state index in [1.54, 1.807) is 12.4 Å². The standard InChI is InChI=1S/C12H10N4/c1-4-11(15-8-2-6-13-15)10-12(5-1)16-9-3-7-14-16/h1-10H. The topological polar surface area (TPSA) is 35.6 Å². The van der Waals surface area contributed by atoms with Crippen molar-refractivity contribution in [2.75, 3.05) is 0 Å². The summed E-state index contributed by atoms with van der Waals surface area (Å²) in [5.41, 5.74) is 2.05. The number of benzene rings is 1. The smallest absolute Gasteiger partial charge is 0.0667 e. The van der Waals surface area contributed by atoms with Gasteiger partial charge in [0.15, 0.2) is 0 Å². The quantitative estimate of drug-likeness (QED) is 0.649. The highest BCUT2D eigenvalue weighted by molar-refractivity contribution is 5.42. The fraction of sp³-hybridized carbons (Fsp3) is 0. The van der Waals surface area contributed by atoms with Gasteiger partial charge in [-0.2, -0.15) is 10.2 Å². The molecule has 1 aromatic carbocycles. The van der Waals surface area contributed by atoms with E-state index in [9.17, 15) is 0 Å². The number of rotatable bonds is 2. The van der Waals surface area contributed by atoms with Crippen LogP contribution in [0.4, 0.5) is 0 Å². The lowest BCUT2D eigenvalue weighted by Crippen LogP contribution is -1.98. The number of nitrogens with zero attached hydrogens (tertiary/aromatic N) is 4. The third-order valence-electron chi connectivity index (χ3n) is 2.37. The third kappa shape index (κ3) is 1.50. The first kappa shape index (κ1) is 8.91. The SMILES string of the molecule is c1cc(-n2cccn2)cc(-n2cccn2)c1. The fourth-order valence-electron chi connectivity index (χ4n) is 1.62. The van der Waals surface area contributed by atoms with E-state index >= 15 is 0 Å². The van der Waals surface area contributed by atoms with Crippen molar-refractivity contribution >= 4 is 0 Å². The highest BCUT2D eigenvalue weighted by Gasteiger charge is 1.99. The van der Waals surface area contributed by atoms with Gasteiger partial charge in [0.25, 0.3) is 0 Å². The molecular formula is C12H10N4. The van der Waals surface area contributed by atoms with E-state index in [-0.39, 0.29) is 0 Å². The molecule has 0 N–H and O–H groups in total. The van der Waals surface area contributed by atoms with E-state index in [2.05, 4.69) is 10.2 Å². The van der Waals surface area contributed by atoms with E-state index in [1.165, 1.54) is 0 Å². The first-order valence-corrected chi connectivity index (χ1v) is 5.03. The largest absolute Gasteiger partial charge is 0.241 e. The van der Waals surface area contributed by atoms with E-state index in [0.717, 1.165) is 11.4 Å². The van der Waals surface area contributed by atoms with E-state index in [0.29, 0.717) is 0 Å². The third-order valence-corrected chi connectivity index (χ3v) is 2.37. The number of aromatic nitrogens is 4. The Hall–Kier alpha value is -2.36. The average molecular weight is 210 g/mol. The monoisotopic (exact) mass is 210 g/mol. The van der Waals surface area contributed by atoms with Crippen molar-refractivity contribution in [1.29, 1.82) is 0 Å². The second kappa shape index (κ2) is 3.66. The molecule has 0 unspecified atom stereocenters. The predicted molar refractivity (Wildman–Crippen MR) is 60.7 cm³/mol. The van der Waals surface area contributed by atoms with Crippen molar-refractivity contribution in [2.45, 2.75) is 0 Å². The molecule has 0 atom stereocenters. The van der Waals surface area contributed by atoms with Gasteiger partial charge in [-0.05, 0) is 30.3 Å². The molecule has 0 radical (unpaired) electrons. The molecular weight excluding hydrogens is 200 g/mol. The minimum Gasteiger partial charge on any atom is -0.241 e. The van der Waals surface area contributed by atoms with E-state index in [1.807, 2.05) is 58.2 Å². The van der Waals surface area contributed by atoms with Gasteiger partial charge in [0, 0.05) is 24.8 Å². The van der Waals surface area contributed by atoms with Gasteiger partial charge in [0.2, 0.25) is 0 Å². The molecule has 4 heteroatoms. The van der Waals surface area contributed by atoms with Crippen molar-refractivity contribution in [1.82, 2.24) is 19.6 Å². The maximum atomic E-state index is 4.20. The Morgan fingerprint density at radius 3 is 1.75 bits per heavy atom. The Kier molecular flexibility index (Phi) is 2.04. The first-order chi connectivity index (χ1) is 7.93. The van der Waals surface area contributed by atoms with Crippen LogP contribution >= 0.6 is 0 Å². The molecule has 16 heavy (non-hydrogen) atoms. The van der Waals surface area contributed by atoms with Crippen LogP contribution in [-0.4, -0.2) is 19.6 Å². The van der Waals surface area contributed by atoms with Crippen LogP contribution in [0, 0.1) is 0 Å². The molecule has 0 aliphatic rings. The number of hydrogen-bond donors (Lipinski definition) is 0. The predicted octanol–water partition coefficient (Wildman–Crippen LogP) is 2.06. The van der Waals surface area contributed by atoms with Gasteiger partial charge >= 0.3 is 0 Å². The highest BCUT2D eigenvalue weighted by atomic mass is 15.3. The van der Waals surface area contributed by atoms with Gasteiger partial charge < -0.3 is 0 Å². The zero-order chi connectivity index (χ0) is 10.8. The zero-order valence-corrected chi connectivity index (χ0v) is 8.56. The maximum Gasteiger partial charge on any atom is 0.0667 e. The summed E-state index contributed by atoms with van der Waals surface area (Å²) in [6, 6.07) is 11.9. The van der Waals surface area contributed by atoms with Crippen molar-refractivity contribution in [3.05, 3.63) is 61.2 Å². The van der Waals surface area contributed by atoms with Crippen LogP contribution in [0.25, 0.3) is 11.4 Å². The molecule has 3 rings (SSSR count). The van der Waals surface area contributed by atoms with Crippen molar-refractivity contribution in [3.63, 3.8) is 0 Å². The minimum absolute atomic E-state index is 1.03. The zero-order valence-electron chi connectivity index (χ0n) is 8.56. The Morgan fingerprint density at radius 1 is 0.750 bits per heavy atom. The van der Waals surface area contributed by atoms with E-state index < -0.39 is 0 Å². The molecule has 0 bridgehead atoms. The molecule has 2 heterocycles. The molecule has 2 aromatic heterocycles. The van der Waals surface area contributed by atoms with Crippen LogP contribution in [0.15, 0.2) is 61.2 Å². The van der Waals surface area contributed by atoms with Crippen molar-refractivity contribution in [2.24, 2.45) is 0 Å². The second-order valence-corrected chi connectivity index (χ2v) is 3.42. The van der Waals surface area contributed by atoms with Gasteiger partial charge in [-0.3, -0.25) is 0 Å². The summed E-state index contributed by atoms with van der Waals surface area (Å²) in [6.07, 6.45) is 7.37. The molecule has 0 spiro atoms. The summed E-state index contributed by atoms with van der Waals surface area (Å²) in [5.74, 6) is 0. The fourth-order valence-corrected chi connectivity index (χ4v) is 1.62. The molecule has 0 saturated heterocycles. The lowest BCUT2D eigenvalue weighted by Gasteiger charge is -2.05. The second-order valence-electron chi connectivity index (χ2n) is 3.42. The average Bonchev–Trinajstić information content (AvgIpc) is 3.03. The summed E-state index contributed by atoms with van der Waals surface area (Å²) in [5, 5.41) is 8.39. The minimum atomic E-state index is 1.03. The Labute approximate surface area is 92.8 Å². The lowest BCUT2D eigenvalue weighted by atomic mass is 10.3. The summed E-state index contributed by atoms with van der Waals surface area (Å²) in [4.78, 5) is 0. The molecule has 4 nitrogen and oxygen atoms in total. The van der Waals surface area contributed by atoms with Crippen LogP contribution in [0.5, 0.6) is 0 Å². The number of hydrogen-bond acceptors (Lipinski definition) is 2. The van der Waals surface area contributed by atoms with Crippen molar-refractivity contribution < 1.29 is 0 Å². The maximum absolute atomic E-state index is 4.20. The summed E-state index contributed by atoms with van der Waals surface area (Å²) in [7, 11) is 0. The molecule has 0 saturated carbocycles. The molecule has 78 valence electrons. The molecule has 0 aliphatic heterocycles. The lowest BCUT2D eigenvalue weighted by molar-refractivity contribution is 0.856. The molecule has 0 fully saturated rings. The van der Waals surface area contributed by atoms with Crippen LogP contribution in [0.1, 0.15) is 0 Å². The van der Waals surface area contributed by atoms with Crippen LogP contribution < -0.4 is 0 Å². The van der Waals surface area contributed by atoms with Crippen LogP contribution in [0.3, 0.4) is 0 Å². The molecule has 3 aromatic rings. The highest BCUT2D eigenvalue weighted by Crippen LogP contribution is 2.12. The normalized spacial score (nSPS) is 10.5. The molecule has 0 aliphatic carbocycles. The molecule has 0 amide bonds. The van der Waals surface area contributed by atoms with Crippen LogP contribution in [-0.2, 0) is 0 Å². The summed E-state index contributed by atoms with van der Waals surface area (Å²) < 4.78 is 3.65. The summed E-state index contributed by atoms with van der Waals surface area (Å²) in [6.45, 7) is 0. The Bertz CT molecular complexity index is 517. The van der Waals surface area contributed by atoms with Gasteiger partial charge in [-0.15, -0.1) is 0 Å². The Balaban J connectivity index is 2.07. The van der Waals surface area contributed by atoms with Gasteiger partial charge in [0.1, 0.15) is 0 Å². The van der Waals surface area contributed by atoms with Gasteiger partial charge in [0.05, 0.1) is 11.4 Å². The van der Waals surface area contributed by atoms with E-state index in [4.69, 9.17) is 0 Å². The summed E-state index contributed by atoms with van der Waals surface area (Å²) >= 11 is 0.